The van der Waals surface area contributed by atoms with E-state index in [0.717, 1.165) is 37.9 Å². The molecule has 0 amide bonds. The van der Waals surface area contributed by atoms with E-state index >= 15 is 0 Å². The molecule has 23 heavy (non-hydrogen) atoms. The molecule has 4 aliphatic rings. The smallest absolute Gasteiger partial charge is 0.303 e. The Labute approximate surface area is 137 Å². The Bertz CT molecular complexity index is 592. The number of rotatable bonds is 3. The number of ketones is 1. The Hall–Kier alpha value is -1.16. The summed E-state index contributed by atoms with van der Waals surface area (Å²) in [5.41, 5.74) is 2.58. The molecule has 1 N–H and O–H groups in total. The summed E-state index contributed by atoms with van der Waals surface area (Å²) in [5.74, 6) is 0.529. The second-order valence-electron chi connectivity index (χ2n) is 8.39. The summed E-state index contributed by atoms with van der Waals surface area (Å²) in [5, 5.41) is 8.98. The molecule has 3 fully saturated rings. The van der Waals surface area contributed by atoms with Gasteiger partial charge in [-0.25, -0.2) is 0 Å². The lowest BCUT2D eigenvalue weighted by atomic mass is 9.51. The second-order valence-corrected chi connectivity index (χ2v) is 8.39. The van der Waals surface area contributed by atoms with Crippen molar-refractivity contribution in [3.63, 3.8) is 0 Å². The third-order valence-corrected chi connectivity index (χ3v) is 7.03. The number of carboxylic acid groups (broad SMARTS) is 1. The molecule has 4 nitrogen and oxygen atoms in total. The van der Waals surface area contributed by atoms with Gasteiger partial charge in [-0.1, -0.05) is 5.57 Å². The van der Waals surface area contributed by atoms with E-state index < -0.39 is 5.97 Å². The molecule has 1 spiro atoms. The topological polar surface area (TPSA) is 63.6 Å². The summed E-state index contributed by atoms with van der Waals surface area (Å²) >= 11 is 0. The van der Waals surface area contributed by atoms with Gasteiger partial charge in [-0.15, -0.1) is 0 Å². The lowest BCUT2D eigenvalue weighted by molar-refractivity contribution is -0.136. The fourth-order valence-corrected chi connectivity index (χ4v) is 6.01. The Balaban J connectivity index is 1.65. The highest BCUT2D eigenvalue weighted by Gasteiger charge is 2.59. The maximum Gasteiger partial charge on any atom is 0.303 e. The van der Waals surface area contributed by atoms with Gasteiger partial charge in [-0.2, -0.15) is 0 Å². The van der Waals surface area contributed by atoms with Gasteiger partial charge in [0.2, 0.25) is 0 Å². The summed E-state index contributed by atoms with van der Waals surface area (Å²) in [4.78, 5) is 23.3. The standard InChI is InChI=1S/C19H26O4/c1-18-8-7-15-13-2-4-16(20)14(3-5-17(21)22)12(13)6-9-19(15,10-18)11-23-18/h13,15H,2-11H2,1H3,(H,21,22). The molecule has 0 radical (unpaired) electrons. The molecule has 4 heteroatoms. The molecule has 4 atom stereocenters. The summed E-state index contributed by atoms with van der Waals surface area (Å²) in [6.07, 6.45) is 7.66. The normalized spacial score (nSPS) is 42.4. The van der Waals surface area contributed by atoms with E-state index in [1.54, 1.807) is 0 Å². The fraction of sp³-hybridized carbons (Fsp3) is 0.789. The van der Waals surface area contributed by atoms with Crippen molar-refractivity contribution < 1.29 is 19.4 Å². The van der Waals surface area contributed by atoms with Crippen molar-refractivity contribution in [2.45, 2.75) is 70.3 Å². The van der Waals surface area contributed by atoms with Crippen LogP contribution in [-0.2, 0) is 14.3 Å². The zero-order valence-corrected chi connectivity index (χ0v) is 13.9. The molecule has 0 aromatic rings. The molecule has 1 heterocycles. The molecule has 4 unspecified atom stereocenters. The van der Waals surface area contributed by atoms with Gasteiger partial charge in [-0.05, 0) is 69.3 Å². The highest BCUT2D eigenvalue weighted by Crippen LogP contribution is 2.63. The predicted octanol–water partition coefficient (Wildman–Crippen LogP) is 3.50. The van der Waals surface area contributed by atoms with Crippen LogP contribution in [0.1, 0.15) is 64.7 Å². The molecule has 4 rings (SSSR count). The summed E-state index contributed by atoms with van der Waals surface area (Å²) in [7, 11) is 0. The largest absolute Gasteiger partial charge is 0.481 e. The van der Waals surface area contributed by atoms with Crippen LogP contribution in [0, 0.1) is 17.3 Å². The number of carboxylic acids is 1. The Morgan fingerprint density at radius 2 is 2.13 bits per heavy atom. The minimum absolute atomic E-state index is 0.0777. The number of fused-ring (bicyclic) bond motifs is 3. The molecule has 1 saturated heterocycles. The van der Waals surface area contributed by atoms with E-state index in [-0.39, 0.29) is 17.8 Å². The molecule has 1 aliphatic heterocycles. The lowest BCUT2D eigenvalue weighted by Gasteiger charge is -2.51. The van der Waals surface area contributed by atoms with Crippen LogP contribution in [0.2, 0.25) is 0 Å². The summed E-state index contributed by atoms with van der Waals surface area (Å²) in [6, 6.07) is 0. The number of carbonyl (C=O) groups excluding carboxylic acids is 1. The fourth-order valence-electron chi connectivity index (χ4n) is 6.01. The number of hydrogen-bond donors (Lipinski definition) is 1. The van der Waals surface area contributed by atoms with Crippen molar-refractivity contribution in [2.75, 3.05) is 6.61 Å². The van der Waals surface area contributed by atoms with Crippen molar-refractivity contribution in [3.8, 4) is 0 Å². The van der Waals surface area contributed by atoms with Crippen LogP contribution < -0.4 is 0 Å². The molecule has 2 saturated carbocycles. The lowest BCUT2D eigenvalue weighted by Crippen LogP contribution is -2.46. The zero-order chi connectivity index (χ0) is 16.2. The van der Waals surface area contributed by atoms with Crippen molar-refractivity contribution >= 4 is 11.8 Å². The van der Waals surface area contributed by atoms with Crippen LogP contribution in [0.25, 0.3) is 0 Å². The van der Waals surface area contributed by atoms with Gasteiger partial charge in [0.25, 0.3) is 0 Å². The van der Waals surface area contributed by atoms with Crippen LogP contribution in [0.15, 0.2) is 11.1 Å². The molecule has 0 aromatic carbocycles. The molecule has 0 aromatic heterocycles. The highest BCUT2D eigenvalue weighted by molar-refractivity contribution is 5.97. The Morgan fingerprint density at radius 3 is 2.91 bits per heavy atom. The average molecular weight is 318 g/mol. The molecule has 3 aliphatic carbocycles. The maximum atomic E-state index is 12.4. The summed E-state index contributed by atoms with van der Waals surface area (Å²) in [6.45, 7) is 3.14. The first-order valence-corrected chi connectivity index (χ1v) is 9.03. The minimum atomic E-state index is -0.807. The SMILES string of the molecule is CC12CCC3C4CCC(=O)C(CCC(=O)O)=C4CCC3(CO1)C2. The van der Waals surface area contributed by atoms with E-state index in [1.165, 1.54) is 18.4 Å². The maximum absolute atomic E-state index is 12.4. The van der Waals surface area contributed by atoms with E-state index in [4.69, 9.17) is 9.84 Å². The van der Waals surface area contributed by atoms with E-state index in [1.807, 2.05) is 0 Å². The van der Waals surface area contributed by atoms with Gasteiger partial charge in [0.15, 0.2) is 5.78 Å². The van der Waals surface area contributed by atoms with Crippen LogP contribution in [0.3, 0.4) is 0 Å². The Kier molecular flexibility index (Phi) is 3.45. The zero-order valence-electron chi connectivity index (χ0n) is 13.9. The third-order valence-electron chi connectivity index (χ3n) is 7.03. The molecule has 2 bridgehead atoms. The number of hydrogen-bond acceptors (Lipinski definition) is 3. The minimum Gasteiger partial charge on any atom is -0.481 e. The molecular formula is C19H26O4. The van der Waals surface area contributed by atoms with Crippen molar-refractivity contribution in [2.24, 2.45) is 17.3 Å². The second kappa shape index (κ2) is 5.17. The van der Waals surface area contributed by atoms with Gasteiger partial charge in [-0.3, -0.25) is 9.59 Å². The van der Waals surface area contributed by atoms with Gasteiger partial charge < -0.3 is 9.84 Å². The van der Waals surface area contributed by atoms with Crippen LogP contribution >= 0.6 is 0 Å². The quantitative estimate of drug-likeness (QED) is 0.865. The van der Waals surface area contributed by atoms with Gasteiger partial charge in [0.1, 0.15) is 0 Å². The van der Waals surface area contributed by atoms with E-state index in [9.17, 15) is 9.59 Å². The van der Waals surface area contributed by atoms with Gasteiger partial charge in [0.05, 0.1) is 12.2 Å². The highest BCUT2D eigenvalue weighted by atomic mass is 16.5. The van der Waals surface area contributed by atoms with Crippen molar-refractivity contribution in [1.82, 2.24) is 0 Å². The van der Waals surface area contributed by atoms with Gasteiger partial charge in [0, 0.05) is 18.3 Å². The van der Waals surface area contributed by atoms with Crippen LogP contribution in [-0.4, -0.2) is 29.1 Å². The summed E-state index contributed by atoms with van der Waals surface area (Å²) < 4.78 is 6.17. The number of Topliss-reactive ketones (excluding diaryl/α,β-unsaturated/α-hetero) is 1. The Morgan fingerprint density at radius 1 is 1.30 bits per heavy atom. The predicted molar refractivity (Wildman–Crippen MR) is 85.0 cm³/mol. The number of carbonyl (C=O) groups is 2. The van der Waals surface area contributed by atoms with Gasteiger partial charge >= 0.3 is 5.97 Å². The first kappa shape index (κ1) is 15.4. The third kappa shape index (κ3) is 2.37. The van der Waals surface area contributed by atoms with Crippen LogP contribution in [0.5, 0.6) is 0 Å². The monoisotopic (exact) mass is 318 g/mol. The van der Waals surface area contributed by atoms with Crippen molar-refractivity contribution in [1.29, 1.82) is 0 Å². The first-order valence-electron chi connectivity index (χ1n) is 9.03. The van der Waals surface area contributed by atoms with Crippen molar-refractivity contribution in [3.05, 3.63) is 11.1 Å². The number of ether oxygens (including phenoxy) is 1. The molecular weight excluding hydrogens is 292 g/mol. The van der Waals surface area contributed by atoms with Crippen LogP contribution in [0.4, 0.5) is 0 Å². The number of aliphatic carboxylic acids is 1. The average Bonchev–Trinajstić information content (AvgIpc) is 2.76. The molecule has 126 valence electrons. The van der Waals surface area contributed by atoms with E-state index in [2.05, 4.69) is 6.92 Å². The van der Waals surface area contributed by atoms with E-state index in [0.29, 0.717) is 30.1 Å². The first-order chi connectivity index (χ1) is 10.9. The number of allylic oxidation sites excluding steroid dienone is 2.